The molecule has 0 bridgehead atoms. The van der Waals surface area contributed by atoms with Crippen LogP contribution in [0.3, 0.4) is 0 Å². The summed E-state index contributed by atoms with van der Waals surface area (Å²) in [7, 11) is 2.03. The van der Waals surface area contributed by atoms with Gasteiger partial charge in [0.2, 0.25) is 0 Å². The van der Waals surface area contributed by atoms with Gasteiger partial charge < -0.3 is 10.1 Å². The van der Waals surface area contributed by atoms with Gasteiger partial charge in [-0.05, 0) is 50.3 Å². The Morgan fingerprint density at radius 1 is 1.10 bits per heavy atom. The molecule has 1 aromatic rings. The Balaban J connectivity index is 2.52. The summed E-state index contributed by atoms with van der Waals surface area (Å²) in [6.07, 6.45) is 1.49. The summed E-state index contributed by atoms with van der Waals surface area (Å²) in [5, 5.41) is 3.41. The molecule has 2 nitrogen and oxygen atoms in total. The summed E-state index contributed by atoms with van der Waals surface area (Å²) in [5.41, 5.74) is 1.33. The predicted octanol–water partition coefficient (Wildman–Crippen LogP) is 4.51. The Morgan fingerprint density at radius 2 is 1.75 bits per heavy atom. The lowest BCUT2D eigenvalue weighted by Crippen LogP contribution is -2.19. The van der Waals surface area contributed by atoms with Gasteiger partial charge in [0.25, 0.3) is 0 Å². The van der Waals surface area contributed by atoms with E-state index in [4.69, 9.17) is 4.74 Å². The summed E-state index contributed by atoms with van der Waals surface area (Å²) < 4.78 is 5.68. The molecule has 0 aliphatic carbocycles. The zero-order valence-corrected chi connectivity index (χ0v) is 14.3. The molecule has 0 saturated heterocycles. The summed E-state index contributed by atoms with van der Waals surface area (Å²) in [6.45, 7) is 8.68. The van der Waals surface area contributed by atoms with Gasteiger partial charge in [-0.1, -0.05) is 32.4 Å². The molecule has 1 aromatic carbocycles. The molecule has 0 amide bonds. The van der Waals surface area contributed by atoms with Gasteiger partial charge in [0, 0.05) is 11.8 Å². The third-order valence-corrected chi connectivity index (χ3v) is 4.76. The molecule has 3 heteroatoms. The van der Waals surface area contributed by atoms with Crippen LogP contribution in [0.15, 0.2) is 24.3 Å². The van der Waals surface area contributed by atoms with Crippen LogP contribution < -0.4 is 10.1 Å². The second kappa shape index (κ2) is 9.30. The van der Waals surface area contributed by atoms with Crippen molar-refractivity contribution < 1.29 is 4.74 Å². The van der Waals surface area contributed by atoms with E-state index >= 15 is 0 Å². The van der Waals surface area contributed by atoms with Crippen LogP contribution in [-0.2, 0) is 0 Å². The maximum atomic E-state index is 5.68. The molecule has 1 N–H and O–H groups in total. The molecule has 0 aliphatic heterocycles. The van der Waals surface area contributed by atoms with Crippen molar-refractivity contribution >= 4 is 11.8 Å². The Bertz CT molecular complexity index is 364. The monoisotopic (exact) mass is 295 g/mol. The van der Waals surface area contributed by atoms with Crippen LogP contribution in [-0.4, -0.2) is 24.7 Å². The van der Waals surface area contributed by atoms with Crippen LogP contribution in [0.5, 0.6) is 5.75 Å². The van der Waals surface area contributed by atoms with E-state index in [2.05, 4.69) is 57.3 Å². The molecule has 2 atom stereocenters. The summed E-state index contributed by atoms with van der Waals surface area (Å²) in [5.74, 6) is 4.11. The highest BCUT2D eigenvalue weighted by Gasteiger charge is 2.10. The highest BCUT2D eigenvalue weighted by atomic mass is 32.2. The third-order valence-electron chi connectivity index (χ3n) is 3.39. The topological polar surface area (TPSA) is 21.3 Å². The molecule has 0 radical (unpaired) electrons. The van der Waals surface area contributed by atoms with E-state index in [9.17, 15) is 0 Å². The van der Waals surface area contributed by atoms with Crippen molar-refractivity contribution in [1.82, 2.24) is 5.32 Å². The highest BCUT2D eigenvalue weighted by Crippen LogP contribution is 2.23. The van der Waals surface area contributed by atoms with Gasteiger partial charge in [-0.25, -0.2) is 0 Å². The quantitative estimate of drug-likeness (QED) is 0.724. The first-order valence-electron chi connectivity index (χ1n) is 7.58. The first-order valence-corrected chi connectivity index (χ1v) is 8.73. The van der Waals surface area contributed by atoms with Crippen molar-refractivity contribution in [1.29, 1.82) is 0 Å². The number of benzene rings is 1. The Hall–Kier alpha value is -0.670. The fraction of sp³-hybridized carbons (Fsp3) is 0.647. The van der Waals surface area contributed by atoms with E-state index < -0.39 is 0 Å². The second-order valence-corrected chi connectivity index (χ2v) is 6.70. The Morgan fingerprint density at radius 3 is 2.25 bits per heavy atom. The second-order valence-electron chi connectivity index (χ2n) is 5.63. The van der Waals surface area contributed by atoms with Gasteiger partial charge in [0.15, 0.2) is 0 Å². The normalized spacial score (nSPS) is 14.3. The van der Waals surface area contributed by atoms with Crippen molar-refractivity contribution in [2.24, 2.45) is 5.92 Å². The molecular formula is C17H29NOS. The van der Waals surface area contributed by atoms with Gasteiger partial charge in [0.05, 0.1) is 6.10 Å². The van der Waals surface area contributed by atoms with Gasteiger partial charge in [-0.2, -0.15) is 11.8 Å². The first-order chi connectivity index (χ1) is 9.56. The molecule has 0 spiro atoms. The number of ether oxygens (including phenoxy) is 1. The van der Waals surface area contributed by atoms with E-state index in [1.54, 1.807) is 0 Å². The van der Waals surface area contributed by atoms with E-state index in [-0.39, 0.29) is 6.10 Å². The lowest BCUT2D eigenvalue weighted by molar-refractivity contribution is 0.242. The molecule has 20 heavy (non-hydrogen) atoms. The van der Waals surface area contributed by atoms with Gasteiger partial charge in [-0.15, -0.1) is 0 Å². The maximum Gasteiger partial charge on any atom is 0.119 e. The number of nitrogens with one attached hydrogen (secondary N) is 1. The molecule has 0 saturated carbocycles. The van der Waals surface area contributed by atoms with Crippen LogP contribution >= 0.6 is 11.8 Å². The summed E-state index contributed by atoms with van der Waals surface area (Å²) >= 11 is 2.03. The molecular weight excluding hydrogens is 266 g/mol. The SMILES string of the molecule is CCC(C)CSCC(NC)c1ccc(OC(C)C)cc1. The third kappa shape index (κ3) is 6.19. The molecule has 0 aromatic heterocycles. The van der Waals surface area contributed by atoms with Crippen LogP contribution in [0.2, 0.25) is 0 Å². The van der Waals surface area contributed by atoms with Crippen molar-refractivity contribution in [2.75, 3.05) is 18.6 Å². The fourth-order valence-corrected chi connectivity index (χ4v) is 3.27. The van der Waals surface area contributed by atoms with Gasteiger partial charge in [0.1, 0.15) is 5.75 Å². The minimum Gasteiger partial charge on any atom is -0.491 e. The molecule has 0 heterocycles. The Labute approximate surface area is 128 Å². The molecule has 114 valence electrons. The smallest absolute Gasteiger partial charge is 0.119 e. The molecule has 2 unspecified atom stereocenters. The van der Waals surface area contributed by atoms with Gasteiger partial charge in [-0.3, -0.25) is 0 Å². The number of rotatable bonds is 9. The summed E-state index contributed by atoms with van der Waals surface area (Å²) in [6, 6.07) is 8.89. The fourth-order valence-electron chi connectivity index (χ4n) is 1.90. The Kier molecular flexibility index (Phi) is 8.08. The zero-order valence-electron chi connectivity index (χ0n) is 13.5. The van der Waals surface area contributed by atoms with E-state index in [1.807, 2.05) is 18.8 Å². The lowest BCUT2D eigenvalue weighted by atomic mass is 10.1. The van der Waals surface area contributed by atoms with Crippen LogP contribution in [0.25, 0.3) is 0 Å². The van der Waals surface area contributed by atoms with E-state index in [1.165, 1.54) is 17.7 Å². The van der Waals surface area contributed by atoms with Gasteiger partial charge >= 0.3 is 0 Å². The maximum absolute atomic E-state index is 5.68. The predicted molar refractivity (Wildman–Crippen MR) is 90.8 cm³/mol. The highest BCUT2D eigenvalue weighted by molar-refractivity contribution is 7.99. The molecule has 1 rings (SSSR count). The van der Waals surface area contributed by atoms with Crippen LogP contribution in [0.4, 0.5) is 0 Å². The van der Waals surface area contributed by atoms with Crippen molar-refractivity contribution in [3.05, 3.63) is 29.8 Å². The van der Waals surface area contributed by atoms with E-state index in [0.717, 1.165) is 17.4 Å². The lowest BCUT2D eigenvalue weighted by Gasteiger charge is -2.18. The van der Waals surface area contributed by atoms with E-state index in [0.29, 0.717) is 6.04 Å². The van der Waals surface area contributed by atoms with Crippen LogP contribution in [0.1, 0.15) is 45.7 Å². The zero-order chi connectivity index (χ0) is 15.0. The molecule has 0 fully saturated rings. The standard InChI is InChI=1S/C17H29NOS/c1-6-14(4)11-20-12-17(18-5)15-7-9-16(10-8-15)19-13(2)3/h7-10,13-14,17-18H,6,11-12H2,1-5H3. The summed E-state index contributed by atoms with van der Waals surface area (Å²) in [4.78, 5) is 0. The van der Waals surface area contributed by atoms with Crippen molar-refractivity contribution in [3.8, 4) is 5.75 Å². The molecule has 0 aliphatic rings. The number of hydrogen-bond acceptors (Lipinski definition) is 3. The minimum absolute atomic E-state index is 0.229. The average Bonchev–Trinajstić information content (AvgIpc) is 2.44. The van der Waals surface area contributed by atoms with Crippen molar-refractivity contribution in [3.63, 3.8) is 0 Å². The first kappa shape index (κ1) is 17.4. The van der Waals surface area contributed by atoms with Crippen molar-refractivity contribution in [2.45, 2.75) is 46.3 Å². The largest absolute Gasteiger partial charge is 0.491 e. The number of thioether (sulfide) groups is 1. The minimum atomic E-state index is 0.229. The number of hydrogen-bond donors (Lipinski definition) is 1. The van der Waals surface area contributed by atoms with Crippen LogP contribution in [0, 0.1) is 5.92 Å². The average molecular weight is 295 g/mol.